The molecule has 0 radical (unpaired) electrons. The van der Waals surface area contributed by atoms with Gasteiger partial charge in [0.15, 0.2) is 0 Å². The molecule has 0 aliphatic carbocycles. The Balaban J connectivity index is 2.60. The molecule has 0 fully saturated rings. The molecule has 1 amide bonds. The van der Waals surface area contributed by atoms with E-state index in [2.05, 4.69) is 10.3 Å². The van der Waals surface area contributed by atoms with E-state index < -0.39 is 6.10 Å². The van der Waals surface area contributed by atoms with Crippen LogP contribution >= 0.6 is 11.6 Å². The Kier molecular flexibility index (Phi) is 4.48. The van der Waals surface area contributed by atoms with E-state index in [1.807, 2.05) is 20.8 Å². The van der Waals surface area contributed by atoms with Crippen LogP contribution in [0.15, 0.2) is 18.3 Å². The molecular weight excluding hydrogens is 240 g/mol. The summed E-state index contributed by atoms with van der Waals surface area (Å²) in [5.74, 6) is -0.327. The van der Waals surface area contributed by atoms with Gasteiger partial charge >= 0.3 is 0 Å². The lowest BCUT2D eigenvalue weighted by molar-refractivity contribution is 0.0587. The Morgan fingerprint density at radius 2 is 2.24 bits per heavy atom. The lowest BCUT2D eigenvalue weighted by Gasteiger charge is -2.25. The van der Waals surface area contributed by atoms with Gasteiger partial charge in [-0.15, -0.1) is 0 Å². The molecule has 1 aromatic heterocycles. The second-order valence-electron chi connectivity index (χ2n) is 4.93. The van der Waals surface area contributed by atoms with Crippen LogP contribution in [0, 0.1) is 5.41 Å². The number of aromatic nitrogens is 1. The molecule has 4 nitrogen and oxygen atoms in total. The molecule has 0 saturated heterocycles. The maximum Gasteiger partial charge on any atom is 0.254 e. The molecule has 94 valence electrons. The first-order chi connectivity index (χ1) is 7.82. The maximum absolute atomic E-state index is 11.8. The van der Waals surface area contributed by atoms with Crippen molar-refractivity contribution in [2.45, 2.75) is 26.9 Å². The van der Waals surface area contributed by atoms with E-state index in [1.165, 1.54) is 6.20 Å². The molecule has 0 aliphatic heterocycles. The van der Waals surface area contributed by atoms with Crippen LogP contribution in [0.5, 0.6) is 0 Å². The van der Waals surface area contributed by atoms with Gasteiger partial charge in [0.25, 0.3) is 5.91 Å². The Labute approximate surface area is 106 Å². The normalized spacial score (nSPS) is 13.2. The molecule has 0 spiro atoms. The monoisotopic (exact) mass is 256 g/mol. The number of hydrogen-bond donors (Lipinski definition) is 2. The topological polar surface area (TPSA) is 62.2 Å². The molecule has 1 aromatic rings. The Bertz CT molecular complexity index is 402. The third kappa shape index (κ3) is 3.98. The van der Waals surface area contributed by atoms with Crippen LogP contribution in [-0.4, -0.2) is 28.6 Å². The highest BCUT2D eigenvalue weighted by atomic mass is 35.5. The predicted molar refractivity (Wildman–Crippen MR) is 67.0 cm³/mol. The van der Waals surface area contributed by atoms with Crippen LogP contribution < -0.4 is 5.32 Å². The van der Waals surface area contributed by atoms with Crippen LogP contribution in [0.1, 0.15) is 31.1 Å². The zero-order chi connectivity index (χ0) is 13.1. The van der Waals surface area contributed by atoms with Gasteiger partial charge in [-0.3, -0.25) is 4.79 Å². The summed E-state index contributed by atoms with van der Waals surface area (Å²) in [5.41, 5.74) is 0.0433. The minimum absolute atomic E-state index is 0.162. The van der Waals surface area contributed by atoms with Crippen molar-refractivity contribution < 1.29 is 9.90 Å². The highest BCUT2D eigenvalue weighted by Crippen LogP contribution is 2.18. The first-order valence-electron chi connectivity index (χ1n) is 5.39. The zero-order valence-corrected chi connectivity index (χ0v) is 11.0. The van der Waals surface area contributed by atoms with Crippen molar-refractivity contribution in [1.29, 1.82) is 0 Å². The summed E-state index contributed by atoms with van der Waals surface area (Å²) in [4.78, 5) is 15.6. The van der Waals surface area contributed by atoms with E-state index in [0.29, 0.717) is 5.56 Å². The van der Waals surface area contributed by atoms with E-state index in [1.54, 1.807) is 12.1 Å². The first kappa shape index (κ1) is 13.9. The van der Waals surface area contributed by atoms with Crippen LogP contribution in [-0.2, 0) is 0 Å². The average molecular weight is 257 g/mol. The van der Waals surface area contributed by atoms with Gasteiger partial charge in [-0.05, 0) is 17.5 Å². The molecule has 0 saturated carbocycles. The molecule has 1 rings (SSSR count). The number of pyridine rings is 1. The fraction of sp³-hybridized carbons (Fsp3) is 0.500. The highest BCUT2D eigenvalue weighted by Gasteiger charge is 2.22. The average Bonchev–Trinajstić information content (AvgIpc) is 2.24. The SMILES string of the molecule is CC(C)(C)C(O)CNC(=O)c1cccnc1Cl. The summed E-state index contributed by atoms with van der Waals surface area (Å²) < 4.78 is 0. The number of carbonyl (C=O) groups is 1. The Morgan fingerprint density at radius 1 is 1.59 bits per heavy atom. The van der Waals surface area contributed by atoms with E-state index in [9.17, 15) is 9.90 Å². The van der Waals surface area contributed by atoms with Crippen molar-refractivity contribution in [2.75, 3.05) is 6.54 Å². The minimum atomic E-state index is -0.609. The van der Waals surface area contributed by atoms with Gasteiger partial charge in [0.1, 0.15) is 5.15 Å². The Morgan fingerprint density at radius 3 is 2.76 bits per heavy atom. The minimum Gasteiger partial charge on any atom is -0.391 e. The van der Waals surface area contributed by atoms with Gasteiger partial charge in [0, 0.05) is 12.7 Å². The van der Waals surface area contributed by atoms with Gasteiger partial charge < -0.3 is 10.4 Å². The van der Waals surface area contributed by atoms with Crippen molar-refractivity contribution in [3.8, 4) is 0 Å². The van der Waals surface area contributed by atoms with E-state index in [4.69, 9.17) is 11.6 Å². The van der Waals surface area contributed by atoms with Crippen LogP contribution in [0.4, 0.5) is 0 Å². The van der Waals surface area contributed by atoms with E-state index >= 15 is 0 Å². The number of carbonyl (C=O) groups excluding carboxylic acids is 1. The number of hydrogen-bond acceptors (Lipinski definition) is 3. The fourth-order valence-electron chi connectivity index (χ4n) is 1.15. The van der Waals surface area contributed by atoms with Gasteiger partial charge in [-0.25, -0.2) is 4.98 Å². The van der Waals surface area contributed by atoms with E-state index in [-0.39, 0.29) is 23.0 Å². The molecule has 1 unspecified atom stereocenters. The molecule has 1 atom stereocenters. The largest absolute Gasteiger partial charge is 0.391 e. The summed E-state index contributed by atoms with van der Waals surface area (Å²) in [7, 11) is 0. The quantitative estimate of drug-likeness (QED) is 0.812. The van der Waals surface area contributed by atoms with Gasteiger partial charge in [-0.1, -0.05) is 32.4 Å². The van der Waals surface area contributed by atoms with Gasteiger partial charge in [-0.2, -0.15) is 0 Å². The zero-order valence-electron chi connectivity index (χ0n) is 10.2. The lowest BCUT2D eigenvalue weighted by atomic mass is 9.89. The van der Waals surface area contributed by atoms with Crippen molar-refractivity contribution in [1.82, 2.24) is 10.3 Å². The number of nitrogens with one attached hydrogen (secondary N) is 1. The first-order valence-corrected chi connectivity index (χ1v) is 5.77. The Hall–Kier alpha value is -1.13. The van der Waals surface area contributed by atoms with Crippen molar-refractivity contribution in [3.05, 3.63) is 29.0 Å². The number of nitrogens with zero attached hydrogens (tertiary/aromatic N) is 1. The number of rotatable bonds is 3. The number of aliphatic hydroxyl groups is 1. The number of amides is 1. The van der Waals surface area contributed by atoms with Crippen molar-refractivity contribution in [3.63, 3.8) is 0 Å². The molecule has 5 heteroatoms. The molecule has 0 aliphatic rings. The molecule has 1 heterocycles. The smallest absolute Gasteiger partial charge is 0.254 e. The second kappa shape index (κ2) is 5.47. The van der Waals surface area contributed by atoms with Crippen LogP contribution in [0.3, 0.4) is 0 Å². The van der Waals surface area contributed by atoms with Crippen LogP contribution in [0.25, 0.3) is 0 Å². The summed E-state index contributed by atoms with van der Waals surface area (Å²) in [6.07, 6.45) is 0.908. The third-order valence-corrected chi connectivity index (χ3v) is 2.76. The van der Waals surface area contributed by atoms with Crippen LogP contribution in [0.2, 0.25) is 5.15 Å². The van der Waals surface area contributed by atoms with Crippen molar-refractivity contribution >= 4 is 17.5 Å². The molecule has 2 N–H and O–H groups in total. The summed E-state index contributed by atoms with van der Waals surface area (Å²) in [6.45, 7) is 5.90. The third-order valence-electron chi connectivity index (χ3n) is 2.46. The van der Waals surface area contributed by atoms with Crippen molar-refractivity contribution in [2.24, 2.45) is 5.41 Å². The summed E-state index contributed by atoms with van der Waals surface area (Å²) >= 11 is 5.79. The van der Waals surface area contributed by atoms with Gasteiger partial charge in [0.2, 0.25) is 0 Å². The summed E-state index contributed by atoms with van der Waals surface area (Å²) in [6, 6.07) is 3.23. The molecule has 0 bridgehead atoms. The number of aliphatic hydroxyl groups excluding tert-OH is 1. The van der Waals surface area contributed by atoms with Gasteiger partial charge in [0.05, 0.1) is 11.7 Å². The summed E-state index contributed by atoms with van der Waals surface area (Å²) in [5, 5.41) is 12.6. The highest BCUT2D eigenvalue weighted by molar-refractivity contribution is 6.32. The standard InChI is InChI=1S/C12H17ClN2O2/c1-12(2,3)9(16)7-15-11(17)8-5-4-6-14-10(8)13/h4-6,9,16H,7H2,1-3H3,(H,15,17). The lowest BCUT2D eigenvalue weighted by Crippen LogP contribution is -2.39. The second-order valence-corrected chi connectivity index (χ2v) is 5.29. The molecular formula is C12H17ClN2O2. The number of halogens is 1. The maximum atomic E-state index is 11.8. The molecule has 0 aromatic carbocycles. The van der Waals surface area contributed by atoms with E-state index in [0.717, 1.165) is 0 Å². The fourth-order valence-corrected chi connectivity index (χ4v) is 1.35. The predicted octanol–water partition coefficient (Wildman–Crippen LogP) is 1.87. The molecule has 17 heavy (non-hydrogen) atoms.